The summed E-state index contributed by atoms with van der Waals surface area (Å²) in [5.74, 6) is -4.07. The normalized spacial score (nSPS) is 25.6. The SMILES string of the molecule is O=C(c1cccs1)[C@@H]1[C@@H](c2ccc(O)c(O)c2)NC(=S)N[C@@]1(O)C(F)(F)F. The lowest BCUT2D eigenvalue weighted by atomic mass is 9.78. The molecule has 1 aromatic heterocycles. The second-order valence-electron chi connectivity index (χ2n) is 5.91. The zero-order valence-corrected chi connectivity index (χ0v) is 15.0. The van der Waals surface area contributed by atoms with E-state index < -0.39 is 46.3 Å². The highest BCUT2D eigenvalue weighted by Gasteiger charge is 2.65. The summed E-state index contributed by atoms with van der Waals surface area (Å²) < 4.78 is 41.2. The van der Waals surface area contributed by atoms with Gasteiger partial charge >= 0.3 is 6.18 Å². The van der Waals surface area contributed by atoms with E-state index >= 15 is 0 Å². The van der Waals surface area contributed by atoms with Crippen LogP contribution in [0.25, 0.3) is 0 Å². The van der Waals surface area contributed by atoms with Gasteiger partial charge in [-0.15, -0.1) is 11.3 Å². The fraction of sp³-hybridized carbons (Fsp3) is 0.250. The van der Waals surface area contributed by atoms with Crippen molar-refractivity contribution in [3.05, 3.63) is 46.2 Å². The van der Waals surface area contributed by atoms with Crippen LogP contribution in [0.2, 0.25) is 0 Å². The smallest absolute Gasteiger partial charge is 0.437 e. The number of halogens is 3. The van der Waals surface area contributed by atoms with Crippen molar-refractivity contribution >= 4 is 34.5 Å². The number of aliphatic hydroxyl groups is 1. The summed E-state index contributed by atoms with van der Waals surface area (Å²) in [5, 5.41) is 35.0. The van der Waals surface area contributed by atoms with Crippen molar-refractivity contribution in [3.8, 4) is 11.5 Å². The number of carbonyl (C=O) groups excluding carboxylic acids is 1. The van der Waals surface area contributed by atoms with E-state index in [4.69, 9.17) is 12.2 Å². The first-order valence-electron chi connectivity index (χ1n) is 7.52. The minimum Gasteiger partial charge on any atom is -0.504 e. The maximum atomic E-state index is 13.7. The van der Waals surface area contributed by atoms with Crippen molar-refractivity contribution < 1.29 is 33.3 Å². The van der Waals surface area contributed by atoms with Crippen LogP contribution in [0.3, 0.4) is 0 Å². The van der Waals surface area contributed by atoms with Gasteiger partial charge in [0.25, 0.3) is 0 Å². The maximum Gasteiger partial charge on any atom is 0.437 e. The Morgan fingerprint density at radius 1 is 1.22 bits per heavy atom. The Kier molecular flexibility index (Phi) is 4.78. The number of thiocarbonyl (C=S) groups is 1. The number of thiophene rings is 1. The van der Waals surface area contributed by atoms with E-state index in [9.17, 15) is 33.3 Å². The molecule has 1 aliphatic rings. The summed E-state index contributed by atoms with van der Waals surface area (Å²) in [6.07, 6.45) is -5.23. The summed E-state index contributed by atoms with van der Waals surface area (Å²) in [5.41, 5.74) is -3.60. The molecule has 0 bridgehead atoms. The number of phenols is 2. The number of nitrogens with one attached hydrogen (secondary N) is 2. The van der Waals surface area contributed by atoms with Crippen LogP contribution in [-0.4, -0.2) is 38.1 Å². The van der Waals surface area contributed by atoms with Gasteiger partial charge in [-0.25, -0.2) is 0 Å². The molecule has 1 fully saturated rings. The molecule has 0 saturated carbocycles. The van der Waals surface area contributed by atoms with Gasteiger partial charge in [0.1, 0.15) is 5.92 Å². The minimum atomic E-state index is -5.23. The first-order chi connectivity index (χ1) is 12.5. The topological polar surface area (TPSA) is 102 Å². The molecule has 2 aromatic rings. The number of hydrogen-bond donors (Lipinski definition) is 5. The van der Waals surface area contributed by atoms with Crippen LogP contribution in [0, 0.1) is 5.92 Å². The van der Waals surface area contributed by atoms with E-state index in [2.05, 4.69) is 5.32 Å². The van der Waals surface area contributed by atoms with Gasteiger partial charge in [0.05, 0.1) is 10.9 Å². The van der Waals surface area contributed by atoms with E-state index in [-0.39, 0.29) is 10.4 Å². The molecule has 1 saturated heterocycles. The van der Waals surface area contributed by atoms with E-state index in [1.54, 1.807) is 5.32 Å². The summed E-state index contributed by atoms with van der Waals surface area (Å²) >= 11 is 5.73. The molecule has 1 aromatic carbocycles. The molecule has 11 heteroatoms. The summed E-state index contributed by atoms with van der Waals surface area (Å²) in [4.78, 5) is 12.9. The van der Waals surface area contributed by atoms with Gasteiger partial charge in [0.2, 0.25) is 5.72 Å². The Morgan fingerprint density at radius 2 is 1.93 bits per heavy atom. The summed E-state index contributed by atoms with van der Waals surface area (Å²) in [6.45, 7) is 0. The molecule has 0 spiro atoms. The second kappa shape index (κ2) is 6.66. The molecular weight excluding hydrogens is 405 g/mol. The Hall–Kier alpha value is -2.37. The Bertz CT molecular complexity index is 888. The third-order valence-corrected chi connectivity index (χ3v) is 5.32. The number of rotatable bonds is 3. The first-order valence-corrected chi connectivity index (χ1v) is 8.81. The van der Waals surface area contributed by atoms with Crippen molar-refractivity contribution in [2.45, 2.75) is 17.9 Å². The molecule has 144 valence electrons. The molecule has 0 radical (unpaired) electrons. The molecule has 5 N–H and O–H groups in total. The lowest BCUT2D eigenvalue weighted by Crippen LogP contribution is -2.72. The fourth-order valence-electron chi connectivity index (χ4n) is 2.92. The molecule has 2 heterocycles. The molecule has 0 unspecified atom stereocenters. The van der Waals surface area contributed by atoms with Gasteiger partial charge < -0.3 is 26.0 Å². The molecular formula is C16H13F3N2O4S2. The molecule has 0 amide bonds. The van der Waals surface area contributed by atoms with E-state index in [1.807, 2.05) is 0 Å². The zero-order chi connectivity index (χ0) is 20.0. The third kappa shape index (κ3) is 3.33. The van der Waals surface area contributed by atoms with Crippen LogP contribution in [0.1, 0.15) is 21.3 Å². The highest BCUT2D eigenvalue weighted by Crippen LogP contribution is 2.45. The zero-order valence-electron chi connectivity index (χ0n) is 13.3. The lowest BCUT2D eigenvalue weighted by molar-refractivity contribution is -0.285. The number of benzene rings is 1. The van der Waals surface area contributed by atoms with Crippen molar-refractivity contribution in [2.24, 2.45) is 5.92 Å². The van der Waals surface area contributed by atoms with Crippen LogP contribution < -0.4 is 10.6 Å². The highest BCUT2D eigenvalue weighted by atomic mass is 32.1. The van der Waals surface area contributed by atoms with Crippen LogP contribution in [0.5, 0.6) is 11.5 Å². The van der Waals surface area contributed by atoms with Crippen LogP contribution in [0.4, 0.5) is 13.2 Å². The highest BCUT2D eigenvalue weighted by molar-refractivity contribution is 7.80. The van der Waals surface area contributed by atoms with Crippen molar-refractivity contribution in [2.75, 3.05) is 0 Å². The van der Waals surface area contributed by atoms with Gasteiger partial charge in [-0.05, 0) is 41.4 Å². The van der Waals surface area contributed by atoms with Crippen LogP contribution >= 0.6 is 23.6 Å². The van der Waals surface area contributed by atoms with Gasteiger partial charge in [-0.3, -0.25) is 4.79 Å². The van der Waals surface area contributed by atoms with Crippen LogP contribution in [0.15, 0.2) is 35.7 Å². The minimum absolute atomic E-state index is 0.0205. The molecule has 3 rings (SSSR count). The molecule has 6 nitrogen and oxygen atoms in total. The van der Waals surface area contributed by atoms with Crippen molar-refractivity contribution in [1.29, 1.82) is 0 Å². The van der Waals surface area contributed by atoms with Gasteiger partial charge in [0, 0.05) is 0 Å². The standard InChI is InChI=1S/C16H13F3N2O4S2/c17-16(18,19)15(25)11(13(24)10-2-1-5-27-10)12(20-14(26)21-15)7-3-4-8(22)9(23)6-7/h1-6,11-12,22-23,25H,(H2,20,21,26)/t11-,12+,15-/m0/s1. The van der Waals surface area contributed by atoms with E-state index in [1.165, 1.54) is 23.6 Å². The number of Topliss-reactive ketones (excluding diaryl/α,β-unsaturated/α-hetero) is 1. The van der Waals surface area contributed by atoms with Crippen molar-refractivity contribution in [1.82, 2.24) is 10.6 Å². The number of phenolic OH excluding ortho intramolecular Hbond substituents is 2. The Morgan fingerprint density at radius 3 is 2.48 bits per heavy atom. The number of alkyl halides is 3. The number of hydrogen-bond acceptors (Lipinski definition) is 6. The molecule has 3 atom stereocenters. The number of ketones is 1. The van der Waals surface area contributed by atoms with E-state index in [0.717, 1.165) is 23.5 Å². The van der Waals surface area contributed by atoms with Gasteiger partial charge in [-0.1, -0.05) is 12.1 Å². The fourth-order valence-corrected chi connectivity index (χ4v) is 3.91. The largest absolute Gasteiger partial charge is 0.504 e. The van der Waals surface area contributed by atoms with Gasteiger partial charge in [0.15, 0.2) is 22.4 Å². The second-order valence-corrected chi connectivity index (χ2v) is 7.26. The Balaban J connectivity index is 2.17. The average molecular weight is 418 g/mol. The van der Waals surface area contributed by atoms with E-state index in [0.29, 0.717) is 0 Å². The van der Waals surface area contributed by atoms with Crippen LogP contribution in [-0.2, 0) is 0 Å². The Labute approximate surface area is 160 Å². The molecule has 27 heavy (non-hydrogen) atoms. The predicted octanol–water partition coefficient (Wildman–Crippen LogP) is 2.43. The first kappa shape index (κ1) is 19.4. The monoisotopic (exact) mass is 418 g/mol. The van der Waals surface area contributed by atoms with Gasteiger partial charge in [-0.2, -0.15) is 13.2 Å². The summed E-state index contributed by atoms with van der Waals surface area (Å²) in [7, 11) is 0. The molecule has 0 aliphatic carbocycles. The number of aromatic hydroxyl groups is 2. The number of carbonyl (C=O) groups is 1. The maximum absolute atomic E-state index is 13.7. The summed E-state index contributed by atoms with van der Waals surface area (Å²) in [6, 6.07) is 4.74. The average Bonchev–Trinajstić information content (AvgIpc) is 3.09. The predicted molar refractivity (Wildman–Crippen MR) is 94.5 cm³/mol. The quantitative estimate of drug-likeness (QED) is 0.296. The lowest BCUT2D eigenvalue weighted by Gasteiger charge is -2.46. The third-order valence-electron chi connectivity index (χ3n) is 4.21. The molecule has 1 aliphatic heterocycles. The van der Waals surface area contributed by atoms with Crippen molar-refractivity contribution in [3.63, 3.8) is 0 Å².